The van der Waals surface area contributed by atoms with Gasteiger partial charge in [-0.3, -0.25) is 4.79 Å². The molecule has 3 aromatic rings. The number of likely N-dealkylation sites (tertiary alicyclic amines) is 1. The molecule has 26 heavy (non-hydrogen) atoms. The molecule has 0 bridgehead atoms. The maximum atomic E-state index is 13.4. The maximum absolute atomic E-state index is 13.4. The highest BCUT2D eigenvalue weighted by atomic mass is 79.9. The summed E-state index contributed by atoms with van der Waals surface area (Å²) in [5.41, 5.74) is 2.93. The van der Waals surface area contributed by atoms with Crippen LogP contribution < -0.4 is 4.74 Å². The van der Waals surface area contributed by atoms with Crippen molar-refractivity contribution in [3.8, 4) is 5.75 Å². The summed E-state index contributed by atoms with van der Waals surface area (Å²) in [5, 5.41) is 1.07. The Morgan fingerprint density at radius 1 is 1.15 bits per heavy atom. The molecule has 1 amide bonds. The number of nitrogens with zero attached hydrogens (tertiary/aromatic N) is 2. The summed E-state index contributed by atoms with van der Waals surface area (Å²) in [6.07, 6.45) is 2.00. The highest BCUT2D eigenvalue weighted by molar-refractivity contribution is 9.10. The Morgan fingerprint density at radius 2 is 1.88 bits per heavy atom. The minimum Gasteiger partial charge on any atom is -0.497 e. The van der Waals surface area contributed by atoms with Crippen LogP contribution in [0.3, 0.4) is 0 Å². The van der Waals surface area contributed by atoms with Gasteiger partial charge in [0, 0.05) is 24.5 Å². The Bertz CT molecular complexity index is 923. The van der Waals surface area contributed by atoms with E-state index >= 15 is 0 Å². The fraction of sp³-hybridized carbons (Fsp3) is 0.286. The lowest BCUT2D eigenvalue weighted by Gasteiger charge is -2.25. The number of carbonyl (C=O) groups is 1. The van der Waals surface area contributed by atoms with Crippen molar-refractivity contribution in [3.05, 3.63) is 64.3 Å². The van der Waals surface area contributed by atoms with Crippen molar-refractivity contribution in [2.45, 2.75) is 18.9 Å². The van der Waals surface area contributed by atoms with E-state index in [0.717, 1.165) is 46.1 Å². The third-order valence-corrected chi connectivity index (χ3v) is 6.06. The number of rotatable bonds is 3. The molecule has 1 fully saturated rings. The first-order valence-electron chi connectivity index (χ1n) is 8.79. The highest BCUT2D eigenvalue weighted by Crippen LogP contribution is 2.37. The van der Waals surface area contributed by atoms with Crippen molar-refractivity contribution < 1.29 is 9.53 Å². The van der Waals surface area contributed by atoms with E-state index in [4.69, 9.17) is 4.74 Å². The normalized spacial score (nSPS) is 17.0. The van der Waals surface area contributed by atoms with Crippen molar-refractivity contribution in [2.24, 2.45) is 7.05 Å². The van der Waals surface area contributed by atoms with Gasteiger partial charge in [0.05, 0.1) is 17.6 Å². The van der Waals surface area contributed by atoms with Crippen LogP contribution in [-0.4, -0.2) is 29.0 Å². The molecule has 0 aliphatic carbocycles. The van der Waals surface area contributed by atoms with Gasteiger partial charge >= 0.3 is 0 Å². The molecule has 134 valence electrons. The third kappa shape index (κ3) is 2.71. The topological polar surface area (TPSA) is 34.5 Å². The molecule has 4 nitrogen and oxygen atoms in total. The predicted molar refractivity (Wildman–Crippen MR) is 107 cm³/mol. The van der Waals surface area contributed by atoms with Crippen molar-refractivity contribution in [1.82, 2.24) is 9.47 Å². The average Bonchev–Trinajstić information content (AvgIpc) is 3.26. The Labute approximate surface area is 161 Å². The molecule has 1 aliphatic heterocycles. The van der Waals surface area contributed by atoms with E-state index in [9.17, 15) is 4.79 Å². The third-order valence-electron chi connectivity index (χ3n) is 5.26. The molecular formula is C21H21BrN2O2. The lowest BCUT2D eigenvalue weighted by Crippen LogP contribution is -2.32. The lowest BCUT2D eigenvalue weighted by molar-refractivity contribution is 0.0725. The number of methoxy groups -OCH3 is 1. The van der Waals surface area contributed by atoms with Crippen LogP contribution in [0.1, 0.15) is 34.9 Å². The molecule has 1 aromatic heterocycles. The molecule has 5 heteroatoms. The highest BCUT2D eigenvalue weighted by Gasteiger charge is 2.33. The lowest BCUT2D eigenvalue weighted by atomic mass is 10.0. The fourth-order valence-corrected chi connectivity index (χ4v) is 4.67. The van der Waals surface area contributed by atoms with Gasteiger partial charge in [-0.2, -0.15) is 0 Å². The van der Waals surface area contributed by atoms with Crippen LogP contribution in [-0.2, 0) is 7.05 Å². The SMILES string of the molecule is COc1ccc(C2CCCN2C(=O)c2c(Br)c3ccccc3n2C)cc1. The summed E-state index contributed by atoms with van der Waals surface area (Å²) < 4.78 is 8.12. The summed E-state index contributed by atoms with van der Waals surface area (Å²) in [5.74, 6) is 0.912. The van der Waals surface area contributed by atoms with Gasteiger partial charge in [-0.25, -0.2) is 0 Å². The van der Waals surface area contributed by atoms with Gasteiger partial charge in [0.25, 0.3) is 5.91 Å². The van der Waals surface area contributed by atoms with Crippen LogP contribution in [0.15, 0.2) is 53.0 Å². The van der Waals surface area contributed by atoms with Crippen LogP contribution in [0.25, 0.3) is 10.9 Å². The van der Waals surface area contributed by atoms with Crippen molar-refractivity contribution >= 4 is 32.7 Å². The van der Waals surface area contributed by atoms with E-state index in [2.05, 4.69) is 28.1 Å². The molecule has 4 rings (SSSR count). The molecule has 1 unspecified atom stereocenters. The number of benzene rings is 2. The second kappa shape index (κ2) is 6.80. The molecule has 0 N–H and O–H groups in total. The number of ether oxygens (including phenoxy) is 1. The average molecular weight is 413 g/mol. The van der Waals surface area contributed by atoms with Crippen LogP contribution in [0, 0.1) is 0 Å². The van der Waals surface area contributed by atoms with Crippen LogP contribution in [0.2, 0.25) is 0 Å². The number of amides is 1. The summed E-state index contributed by atoms with van der Waals surface area (Å²) in [4.78, 5) is 15.4. The van der Waals surface area contributed by atoms with Crippen molar-refractivity contribution in [1.29, 1.82) is 0 Å². The number of fused-ring (bicyclic) bond motifs is 1. The Hall–Kier alpha value is -2.27. The first-order chi connectivity index (χ1) is 12.6. The minimum absolute atomic E-state index is 0.0777. The summed E-state index contributed by atoms with van der Waals surface area (Å²) in [7, 11) is 3.62. The van der Waals surface area contributed by atoms with Gasteiger partial charge in [-0.1, -0.05) is 30.3 Å². The molecule has 0 radical (unpaired) electrons. The maximum Gasteiger partial charge on any atom is 0.272 e. The van der Waals surface area contributed by atoms with E-state index < -0.39 is 0 Å². The molecule has 1 atom stereocenters. The molecule has 2 heterocycles. The number of carbonyl (C=O) groups excluding carboxylic acids is 1. The number of aryl methyl sites for hydroxylation is 1. The van der Waals surface area contributed by atoms with Crippen LogP contribution in [0.5, 0.6) is 5.75 Å². The predicted octanol–water partition coefficient (Wildman–Crippen LogP) is 4.93. The molecule has 1 aliphatic rings. The second-order valence-electron chi connectivity index (χ2n) is 6.67. The van der Waals surface area contributed by atoms with Crippen LogP contribution >= 0.6 is 15.9 Å². The quantitative estimate of drug-likeness (QED) is 0.611. The number of halogens is 1. The molecule has 0 spiro atoms. The smallest absolute Gasteiger partial charge is 0.272 e. The van der Waals surface area contributed by atoms with Gasteiger partial charge in [0.1, 0.15) is 11.4 Å². The van der Waals surface area contributed by atoms with E-state index in [1.807, 2.05) is 52.9 Å². The number of hydrogen-bond acceptors (Lipinski definition) is 2. The van der Waals surface area contributed by atoms with Gasteiger partial charge < -0.3 is 14.2 Å². The van der Waals surface area contributed by atoms with Crippen molar-refractivity contribution in [2.75, 3.05) is 13.7 Å². The molecule has 2 aromatic carbocycles. The number of aromatic nitrogens is 1. The zero-order valence-electron chi connectivity index (χ0n) is 14.9. The Morgan fingerprint density at radius 3 is 2.58 bits per heavy atom. The monoisotopic (exact) mass is 412 g/mol. The Kier molecular flexibility index (Phi) is 4.49. The van der Waals surface area contributed by atoms with Gasteiger partial charge in [-0.05, 0) is 52.5 Å². The van der Waals surface area contributed by atoms with Gasteiger partial charge in [-0.15, -0.1) is 0 Å². The molecule has 0 saturated carbocycles. The molecular weight excluding hydrogens is 392 g/mol. The van der Waals surface area contributed by atoms with E-state index in [1.165, 1.54) is 0 Å². The van der Waals surface area contributed by atoms with E-state index in [0.29, 0.717) is 5.69 Å². The second-order valence-corrected chi connectivity index (χ2v) is 7.46. The standard InChI is InChI=1S/C21H21BrN2O2/c1-23-18-7-4-3-6-16(18)19(22)20(23)21(25)24-13-5-8-17(24)14-9-11-15(26-2)12-10-14/h3-4,6-7,9-12,17H,5,8,13H2,1-2H3. The zero-order chi connectivity index (χ0) is 18.3. The minimum atomic E-state index is 0.0777. The molecule has 1 saturated heterocycles. The van der Waals surface area contributed by atoms with E-state index in [1.54, 1.807) is 7.11 Å². The first-order valence-corrected chi connectivity index (χ1v) is 9.59. The van der Waals surface area contributed by atoms with Gasteiger partial charge in [0.2, 0.25) is 0 Å². The number of para-hydroxylation sites is 1. The van der Waals surface area contributed by atoms with E-state index in [-0.39, 0.29) is 11.9 Å². The number of hydrogen-bond donors (Lipinski definition) is 0. The summed E-state index contributed by atoms with van der Waals surface area (Å²) in [6.45, 7) is 0.781. The largest absolute Gasteiger partial charge is 0.497 e. The fourth-order valence-electron chi connectivity index (χ4n) is 3.90. The summed E-state index contributed by atoms with van der Waals surface area (Å²) >= 11 is 3.66. The van der Waals surface area contributed by atoms with Crippen LogP contribution in [0.4, 0.5) is 0 Å². The Balaban J connectivity index is 1.71. The summed E-state index contributed by atoms with van der Waals surface area (Å²) in [6, 6.07) is 16.2. The zero-order valence-corrected chi connectivity index (χ0v) is 16.5. The van der Waals surface area contributed by atoms with Crippen molar-refractivity contribution in [3.63, 3.8) is 0 Å². The first kappa shape index (κ1) is 17.2. The van der Waals surface area contributed by atoms with Gasteiger partial charge in [0.15, 0.2) is 0 Å².